The Morgan fingerprint density at radius 2 is 0.302 bits per heavy atom. The molecule has 0 amide bonds. The highest BCUT2D eigenvalue weighted by atomic mass is 15.0. The lowest BCUT2D eigenvalue weighted by Crippen LogP contribution is -1.96. The third kappa shape index (κ3) is 10.2. The number of rotatable bonds is 12. The highest BCUT2D eigenvalue weighted by molar-refractivity contribution is 6.12. The molecule has 0 saturated carbocycles. The van der Waals surface area contributed by atoms with E-state index < -0.39 is 0 Å². The van der Waals surface area contributed by atoms with E-state index in [1.807, 2.05) is 0 Å². The standard InChI is InChI=1S/C100H64N6/c1-9-34-93-81(26-1)82-27-2-10-35-94(82)103(93)77-50-42-65(43-51-77)89-61-75(62-90(101-89)66-44-52-78(53-45-66)104-95-36-11-3-28-83(95)84-29-4-12-37-96(84)104)73-24-18-22-71(59-73)69-20-17-21-70(58-69)72-23-19-25-74(60-72)76-63-91(67-46-54-79(55-47-67)105-97-38-13-5-30-85(97)86-31-6-14-39-98(86)105)102-92(64-76)68-48-56-80(57-49-68)106-99-40-15-7-32-87(99)88-33-8-16-41-100(88)106/h1-64H. The monoisotopic (exact) mass is 1350 g/mol. The second-order valence-electron chi connectivity index (χ2n) is 27.7. The van der Waals surface area contributed by atoms with Gasteiger partial charge in [-0.2, -0.15) is 0 Å². The molecule has 0 aliphatic rings. The van der Waals surface area contributed by atoms with Crippen LogP contribution in [0.1, 0.15) is 0 Å². The van der Waals surface area contributed by atoms with E-state index in [-0.39, 0.29) is 0 Å². The van der Waals surface area contributed by atoms with Gasteiger partial charge in [0.1, 0.15) is 0 Å². The SMILES string of the molecule is c1cc(-c2cccc(-c3cc(-c4ccc(-n5c6ccccc6c6ccccc65)cc4)nc(-c4ccc(-n5c6ccccc6c6ccccc65)cc4)c3)c2)cc(-c2cccc(-c3cc(-c4ccc(-n5c6ccccc6c6ccccc65)cc4)nc(-c4ccc(-n5c6ccccc6c6ccccc65)cc4)c3)c2)c1. The van der Waals surface area contributed by atoms with Crippen LogP contribution in [0.2, 0.25) is 0 Å². The molecule has 0 spiro atoms. The number of para-hydroxylation sites is 8. The molecule has 6 heteroatoms. The molecule has 0 atom stereocenters. The molecule has 0 aliphatic heterocycles. The van der Waals surface area contributed by atoms with Crippen molar-refractivity contribution in [2.75, 3.05) is 0 Å². The third-order valence-electron chi connectivity index (χ3n) is 21.6. The molecule has 0 unspecified atom stereocenters. The number of hydrogen-bond acceptors (Lipinski definition) is 2. The van der Waals surface area contributed by atoms with Crippen molar-refractivity contribution in [1.29, 1.82) is 0 Å². The minimum absolute atomic E-state index is 0.898. The summed E-state index contributed by atoms with van der Waals surface area (Å²) in [6.45, 7) is 0. The molecule has 0 bridgehead atoms. The van der Waals surface area contributed by atoms with E-state index in [1.54, 1.807) is 0 Å². The van der Waals surface area contributed by atoms with Gasteiger partial charge in [0.2, 0.25) is 0 Å². The van der Waals surface area contributed by atoms with Crippen molar-refractivity contribution in [2.45, 2.75) is 0 Å². The molecular weight excluding hydrogens is 1290 g/mol. The summed E-state index contributed by atoms with van der Waals surface area (Å²) in [4.78, 5) is 11.0. The van der Waals surface area contributed by atoms with Gasteiger partial charge >= 0.3 is 0 Å². The van der Waals surface area contributed by atoms with Crippen LogP contribution in [0.15, 0.2) is 388 Å². The van der Waals surface area contributed by atoms with E-state index in [1.165, 1.54) is 87.2 Å². The fourth-order valence-corrected chi connectivity index (χ4v) is 16.5. The van der Waals surface area contributed by atoms with Gasteiger partial charge in [-0.15, -0.1) is 0 Å². The summed E-state index contributed by atoms with van der Waals surface area (Å²) in [5, 5.41) is 9.92. The van der Waals surface area contributed by atoms with Crippen LogP contribution in [-0.4, -0.2) is 28.2 Å². The maximum absolute atomic E-state index is 5.52. The molecule has 21 aromatic rings. The summed E-state index contributed by atoms with van der Waals surface area (Å²) in [7, 11) is 0. The minimum atomic E-state index is 0.898. The van der Waals surface area contributed by atoms with Crippen molar-refractivity contribution in [3.63, 3.8) is 0 Å². The highest BCUT2D eigenvalue weighted by Gasteiger charge is 2.20. The zero-order chi connectivity index (χ0) is 69.8. The fourth-order valence-electron chi connectivity index (χ4n) is 16.5. The van der Waals surface area contributed by atoms with Gasteiger partial charge in [0.05, 0.1) is 66.9 Å². The van der Waals surface area contributed by atoms with E-state index in [0.29, 0.717) is 0 Å². The van der Waals surface area contributed by atoms with E-state index in [4.69, 9.17) is 9.97 Å². The first-order chi connectivity index (χ1) is 52.5. The molecule has 0 radical (unpaired) electrons. The van der Waals surface area contributed by atoms with Crippen LogP contribution >= 0.6 is 0 Å². The maximum Gasteiger partial charge on any atom is 0.0715 e. The molecular formula is C100H64N6. The van der Waals surface area contributed by atoms with Crippen LogP contribution < -0.4 is 0 Å². The Balaban J connectivity index is 0.640. The lowest BCUT2D eigenvalue weighted by Gasteiger charge is -2.14. The Morgan fingerprint density at radius 3 is 0.491 bits per heavy atom. The summed E-state index contributed by atoms with van der Waals surface area (Å²) < 4.78 is 9.48. The summed E-state index contributed by atoms with van der Waals surface area (Å²) in [5.41, 5.74) is 30.5. The first-order valence-corrected chi connectivity index (χ1v) is 36.3. The quantitative estimate of drug-likeness (QED) is 0.122. The molecule has 494 valence electrons. The lowest BCUT2D eigenvalue weighted by molar-refractivity contribution is 1.18. The highest BCUT2D eigenvalue weighted by Crippen LogP contribution is 2.42. The Hall–Kier alpha value is -14.2. The summed E-state index contributed by atoms with van der Waals surface area (Å²) in [6.07, 6.45) is 0. The van der Waals surface area contributed by atoms with Gasteiger partial charge in [0, 0.05) is 88.1 Å². The average Bonchev–Trinajstić information content (AvgIpc) is 1.61. The van der Waals surface area contributed by atoms with E-state index >= 15 is 0 Å². The first kappa shape index (κ1) is 60.6. The number of pyridine rings is 2. The normalized spacial score (nSPS) is 11.8. The van der Waals surface area contributed by atoms with E-state index in [2.05, 4.69) is 407 Å². The van der Waals surface area contributed by atoms with Crippen molar-refractivity contribution in [1.82, 2.24) is 28.2 Å². The molecule has 15 aromatic carbocycles. The molecule has 0 saturated heterocycles. The van der Waals surface area contributed by atoms with Gasteiger partial charge < -0.3 is 18.3 Å². The predicted molar refractivity (Wildman–Crippen MR) is 443 cm³/mol. The minimum Gasteiger partial charge on any atom is -0.309 e. The van der Waals surface area contributed by atoms with Gasteiger partial charge in [0.25, 0.3) is 0 Å². The number of nitrogens with zero attached hydrogens (tertiary/aromatic N) is 6. The Morgan fingerprint density at radius 1 is 0.132 bits per heavy atom. The first-order valence-electron chi connectivity index (χ1n) is 36.3. The summed E-state index contributed by atoms with van der Waals surface area (Å²) >= 11 is 0. The Bertz CT molecular complexity index is 6060. The summed E-state index contributed by atoms with van der Waals surface area (Å²) in [5.74, 6) is 0. The van der Waals surface area contributed by atoms with E-state index in [0.717, 1.165) is 112 Å². The van der Waals surface area contributed by atoms with Gasteiger partial charge in [0.15, 0.2) is 0 Å². The molecule has 6 aromatic heterocycles. The molecule has 6 heterocycles. The average molecular weight is 1350 g/mol. The maximum atomic E-state index is 5.52. The molecule has 21 rings (SSSR count). The van der Waals surface area contributed by atoms with Crippen molar-refractivity contribution in [3.8, 4) is 112 Å². The van der Waals surface area contributed by atoms with Crippen molar-refractivity contribution >= 4 is 87.2 Å². The Labute approximate surface area is 612 Å². The van der Waals surface area contributed by atoms with Crippen LogP contribution in [0.5, 0.6) is 0 Å². The molecule has 0 fully saturated rings. The van der Waals surface area contributed by atoms with Gasteiger partial charge in [-0.3, -0.25) is 0 Å². The van der Waals surface area contributed by atoms with Crippen molar-refractivity contribution in [2.24, 2.45) is 0 Å². The zero-order valence-electron chi connectivity index (χ0n) is 57.6. The van der Waals surface area contributed by atoms with Crippen LogP contribution in [0.3, 0.4) is 0 Å². The second kappa shape index (κ2) is 24.8. The number of fused-ring (bicyclic) bond motifs is 12. The second-order valence-corrected chi connectivity index (χ2v) is 27.7. The van der Waals surface area contributed by atoms with Crippen molar-refractivity contribution in [3.05, 3.63) is 388 Å². The van der Waals surface area contributed by atoms with Crippen LogP contribution in [0.25, 0.3) is 200 Å². The third-order valence-corrected chi connectivity index (χ3v) is 21.6. The summed E-state index contributed by atoms with van der Waals surface area (Å²) in [6, 6.07) is 141. The molecule has 6 nitrogen and oxygen atoms in total. The topological polar surface area (TPSA) is 45.5 Å². The fraction of sp³-hybridized carbons (Fsp3) is 0. The van der Waals surface area contributed by atoms with Gasteiger partial charge in [-0.05, 0) is 184 Å². The van der Waals surface area contributed by atoms with E-state index in [9.17, 15) is 0 Å². The molecule has 106 heavy (non-hydrogen) atoms. The van der Waals surface area contributed by atoms with Gasteiger partial charge in [-0.1, -0.05) is 249 Å². The van der Waals surface area contributed by atoms with Crippen LogP contribution in [0.4, 0.5) is 0 Å². The lowest BCUT2D eigenvalue weighted by atomic mass is 9.93. The number of aromatic nitrogens is 6. The number of hydrogen-bond donors (Lipinski definition) is 0. The van der Waals surface area contributed by atoms with Crippen molar-refractivity contribution < 1.29 is 0 Å². The van der Waals surface area contributed by atoms with Crippen LogP contribution in [-0.2, 0) is 0 Å². The predicted octanol–water partition coefficient (Wildman–Crippen LogP) is 26.2. The van der Waals surface area contributed by atoms with Crippen LogP contribution in [0, 0.1) is 0 Å². The zero-order valence-corrected chi connectivity index (χ0v) is 57.6. The number of benzene rings is 15. The Kier molecular flexibility index (Phi) is 14.2. The smallest absolute Gasteiger partial charge is 0.0715 e. The molecule has 0 aliphatic carbocycles. The largest absolute Gasteiger partial charge is 0.309 e. The molecule has 0 N–H and O–H groups in total. The van der Waals surface area contributed by atoms with Gasteiger partial charge in [-0.25, -0.2) is 9.97 Å².